The Bertz CT molecular complexity index is 847. The van der Waals surface area contributed by atoms with E-state index in [1.807, 2.05) is 0 Å². The van der Waals surface area contributed by atoms with E-state index in [0.717, 1.165) is 18.4 Å². The van der Waals surface area contributed by atoms with E-state index in [2.05, 4.69) is 13.8 Å². The Morgan fingerprint density at radius 1 is 1.20 bits per heavy atom. The number of carbonyl (C=O) groups excluding carboxylic acids is 3. The van der Waals surface area contributed by atoms with Gasteiger partial charge < -0.3 is 14.6 Å². The van der Waals surface area contributed by atoms with Crippen molar-refractivity contribution in [2.45, 2.75) is 76.9 Å². The summed E-state index contributed by atoms with van der Waals surface area (Å²) in [4.78, 5) is 37.2. The molecule has 30 heavy (non-hydrogen) atoms. The number of allylic oxidation sites excluding steroid dienone is 1. The molecule has 0 amide bonds. The molecule has 0 radical (unpaired) electrons. The highest BCUT2D eigenvalue weighted by atomic mass is 16.6. The van der Waals surface area contributed by atoms with Gasteiger partial charge in [0.05, 0.1) is 19.1 Å². The smallest absolute Gasteiger partial charge is 0.309 e. The molecule has 0 aromatic rings. The van der Waals surface area contributed by atoms with Crippen molar-refractivity contribution in [1.82, 2.24) is 0 Å². The molecule has 5 aliphatic rings. The van der Waals surface area contributed by atoms with E-state index in [1.165, 1.54) is 7.11 Å². The van der Waals surface area contributed by atoms with Gasteiger partial charge in [0.25, 0.3) is 0 Å². The lowest BCUT2D eigenvalue weighted by molar-refractivity contribution is -0.197. The Morgan fingerprint density at radius 3 is 2.63 bits per heavy atom. The monoisotopic (exact) mass is 416 g/mol. The zero-order valence-electron chi connectivity index (χ0n) is 18.1. The second-order valence-electron chi connectivity index (χ2n) is 10.8. The summed E-state index contributed by atoms with van der Waals surface area (Å²) in [5, 5.41) is 11.6. The van der Waals surface area contributed by atoms with Crippen molar-refractivity contribution in [3.8, 4) is 0 Å². The number of rotatable bonds is 1. The maximum absolute atomic E-state index is 12.9. The van der Waals surface area contributed by atoms with Crippen molar-refractivity contribution in [2.24, 2.45) is 34.5 Å². The van der Waals surface area contributed by atoms with Gasteiger partial charge in [-0.15, -0.1) is 0 Å². The van der Waals surface area contributed by atoms with Crippen molar-refractivity contribution < 1.29 is 29.0 Å². The summed E-state index contributed by atoms with van der Waals surface area (Å²) in [6.45, 7) is 4.33. The zero-order valence-corrected chi connectivity index (χ0v) is 18.1. The Labute approximate surface area is 177 Å². The molecule has 6 heteroatoms. The van der Waals surface area contributed by atoms with Crippen molar-refractivity contribution in [3.63, 3.8) is 0 Å². The standard InChI is InChI=1S/C24H32O6/c1-22-7-4-14(25)10-13(22)11-15(21(28)29-3)19-16-5-8-24(9-6-18(27)30-24)23(16,2)12-17(26)20(19)22/h10,15-17,19-20,26H,4-9,11-12H2,1-3H3/t15-,16?,17-,19+,20?,22+,23+,24?/m1/s1. The van der Waals surface area contributed by atoms with Gasteiger partial charge in [0, 0.05) is 18.3 Å². The van der Waals surface area contributed by atoms with Crippen molar-refractivity contribution >= 4 is 17.7 Å². The lowest BCUT2D eigenvalue weighted by Gasteiger charge is -2.62. The van der Waals surface area contributed by atoms with Gasteiger partial charge in [-0.25, -0.2) is 0 Å². The third-order valence-electron chi connectivity index (χ3n) is 9.79. The number of hydrogen-bond donors (Lipinski definition) is 1. The van der Waals surface area contributed by atoms with Gasteiger partial charge in [-0.05, 0) is 67.8 Å². The molecule has 0 bridgehead atoms. The van der Waals surface area contributed by atoms with E-state index in [9.17, 15) is 19.5 Å². The average molecular weight is 417 g/mol. The molecule has 1 N–H and O–H groups in total. The van der Waals surface area contributed by atoms with E-state index in [0.29, 0.717) is 38.5 Å². The fourth-order valence-corrected chi connectivity index (χ4v) is 8.35. The van der Waals surface area contributed by atoms with Gasteiger partial charge in [0.2, 0.25) is 0 Å². The molecular formula is C24H32O6. The number of fused-ring (bicyclic) bond motifs is 6. The number of carbonyl (C=O) groups is 3. The maximum Gasteiger partial charge on any atom is 0.309 e. The van der Waals surface area contributed by atoms with Crippen LogP contribution in [0.2, 0.25) is 0 Å². The van der Waals surface area contributed by atoms with Crippen LogP contribution in [-0.4, -0.2) is 41.6 Å². The fraction of sp³-hybridized carbons (Fsp3) is 0.792. The molecule has 1 heterocycles. The van der Waals surface area contributed by atoms with Gasteiger partial charge in [-0.1, -0.05) is 19.4 Å². The largest absolute Gasteiger partial charge is 0.469 e. The summed E-state index contributed by atoms with van der Waals surface area (Å²) in [5.74, 6) is -0.636. The maximum atomic E-state index is 12.9. The van der Waals surface area contributed by atoms with Crippen LogP contribution in [0, 0.1) is 34.5 Å². The first-order chi connectivity index (χ1) is 14.1. The molecule has 3 unspecified atom stereocenters. The van der Waals surface area contributed by atoms with Crippen LogP contribution < -0.4 is 0 Å². The molecule has 0 aromatic carbocycles. The average Bonchev–Trinajstić information content (AvgIpc) is 3.21. The van der Waals surface area contributed by atoms with Crippen LogP contribution in [0.4, 0.5) is 0 Å². The van der Waals surface area contributed by atoms with Gasteiger partial charge in [0.15, 0.2) is 5.78 Å². The quantitative estimate of drug-likeness (QED) is 0.661. The summed E-state index contributed by atoms with van der Waals surface area (Å²) in [7, 11) is 1.42. The number of aliphatic hydroxyl groups excluding tert-OH is 1. The third kappa shape index (κ3) is 2.43. The number of aliphatic hydroxyl groups is 1. The lowest BCUT2D eigenvalue weighted by atomic mass is 9.43. The Kier molecular flexibility index (Phi) is 4.32. The molecular weight excluding hydrogens is 384 g/mol. The summed E-state index contributed by atoms with van der Waals surface area (Å²) in [6, 6.07) is 0. The van der Waals surface area contributed by atoms with Gasteiger partial charge in [-0.2, -0.15) is 0 Å². The summed E-state index contributed by atoms with van der Waals surface area (Å²) in [6.07, 6.45) is 6.21. The molecule has 6 nitrogen and oxygen atoms in total. The van der Waals surface area contributed by atoms with E-state index >= 15 is 0 Å². The third-order valence-corrected chi connectivity index (χ3v) is 9.79. The second-order valence-corrected chi connectivity index (χ2v) is 10.8. The molecule has 4 aliphatic carbocycles. The van der Waals surface area contributed by atoms with Crippen molar-refractivity contribution in [1.29, 1.82) is 0 Å². The highest BCUT2D eigenvalue weighted by Crippen LogP contribution is 2.70. The van der Waals surface area contributed by atoms with E-state index < -0.39 is 11.7 Å². The Hall–Kier alpha value is -1.69. The highest BCUT2D eigenvalue weighted by molar-refractivity contribution is 5.92. The molecule has 5 rings (SSSR count). The highest BCUT2D eigenvalue weighted by Gasteiger charge is 2.71. The predicted octanol–water partition coefficient (Wildman–Crippen LogP) is 2.96. The van der Waals surface area contributed by atoms with Crippen LogP contribution in [0.1, 0.15) is 65.2 Å². The second kappa shape index (κ2) is 6.41. The zero-order chi connectivity index (χ0) is 21.5. The molecule has 4 fully saturated rings. The molecule has 8 atom stereocenters. The minimum atomic E-state index is -0.611. The fourth-order valence-electron chi connectivity index (χ4n) is 8.35. The van der Waals surface area contributed by atoms with Crippen LogP contribution in [0.25, 0.3) is 0 Å². The number of ether oxygens (including phenoxy) is 2. The van der Waals surface area contributed by atoms with Crippen LogP contribution in [-0.2, 0) is 23.9 Å². The Balaban J connectivity index is 1.62. The number of ketones is 1. The van der Waals surface area contributed by atoms with Crippen LogP contribution >= 0.6 is 0 Å². The van der Waals surface area contributed by atoms with E-state index in [1.54, 1.807) is 6.08 Å². The molecule has 1 spiro atoms. The first-order valence-electron chi connectivity index (χ1n) is 11.4. The predicted molar refractivity (Wildman–Crippen MR) is 107 cm³/mol. The minimum absolute atomic E-state index is 0.0415. The number of esters is 2. The SMILES string of the molecule is COC(=O)[C@@H]1CC2=CC(=O)CC[C@]2(C)C2[C@@H]1C1CCC3(CCC(=O)O3)[C@@]1(C)C[C@H]2O. The van der Waals surface area contributed by atoms with Crippen LogP contribution in [0.3, 0.4) is 0 Å². The Morgan fingerprint density at radius 2 is 1.97 bits per heavy atom. The molecule has 1 aliphatic heterocycles. The first kappa shape index (κ1) is 20.2. The molecule has 1 saturated heterocycles. The summed E-state index contributed by atoms with van der Waals surface area (Å²) < 4.78 is 11.2. The van der Waals surface area contributed by atoms with Crippen molar-refractivity contribution in [3.05, 3.63) is 11.6 Å². The van der Waals surface area contributed by atoms with Gasteiger partial charge in [0.1, 0.15) is 5.60 Å². The molecule has 3 saturated carbocycles. The van der Waals surface area contributed by atoms with Crippen molar-refractivity contribution in [2.75, 3.05) is 7.11 Å². The van der Waals surface area contributed by atoms with Crippen LogP contribution in [0.15, 0.2) is 11.6 Å². The van der Waals surface area contributed by atoms with E-state index in [4.69, 9.17) is 9.47 Å². The van der Waals surface area contributed by atoms with Crippen LogP contribution in [0.5, 0.6) is 0 Å². The molecule has 0 aromatic heterocycles. The van der Waals surface area contributed by atoms with Gasteiger partial charge in [-0.3, -0.25) is 14.4 Å². The number of hydrogen-bond acceptors (Lipinski definition) is 6. The normalized spacial score (nSPS) is 49.7. The lowest BCUT2D eigenvalue weighted by Crippen LogP contribution is -2.62. The first-order valence-corrected chi connectivity index (χ1v) is 11.4. The topological polar surface area (TPSA) is 89.9 Å². The van der Waals surface area contributed by atoms with Gasteiger partial charge >= 0.3 is 11.9 Å². The molecule has 164 valence electrons. The minimum Gasteiger partial charge on any atom is -0.469 e. The summed E-state index contributed by atoms with van der Waals surface area (Å²) in [5.41, 5.74) is -0.168. The number of methoxy groups -OCH3 is 1. The summed E-state index contributed by atoms with van der Waals surface area (Å²) >= 11 is 0. The van der Waals surface area contributed by atoms with E-state index in [-0.39, 0.29) is 52.2 Å².